The standard InChI is InChI=1S/C26H23FN2O4/c1-2-32-25(30)24-21-10-6-9-20(18-11-13-19(27)14-12-18)23(21)22-15-28(24)26(31)29(22)33-16-17-7-4-3-5-8-17/h3-14,22,24H,2,15-16H2,1H3/t22-,24-/m1/s1. The lowest BCUT2D eigenvalue weighted by Crippen LogP contribution is -2.39. The van der Waals surface area contributed by atoms with Gasteiger partial charge in [0.2, 0.25) is 0 Å². The zero-order valence-corrected chi connectivity index (χ0v) is 18.1. The van der Waals surface area contributed by atoms with Crippen molar-refractivity contribution in [3.8, 4) is 11.1 Å². The molecular formula is C26H23FN2O4. The lowest BCUT2D eigenvalue weighted by atomic mass is 9.85. The van der Waals surface area contributed by atoms with Gasteiger partial charge >= 0.3 is 12.0 Å². The minimum atomic E-state index is -0.866. The molecule has 168 valence electrons. The highest BCUT2D eigenvalue weighted by atomic mass is 19.1. The molecule has 2 aliphatic heterocycles. The SMILES string of the molecule is CCOC(=O)[C@H]1c2cccc(-c3ccc(F)cc3)c2[C@H]2CN1C(=O)N2OCc1ccccc1. The maximum absolute atomic E-state index is 13.6. The van der Waals surface area contributed by atoms with E-state index in [2.05, 4.69) is 0 Å². The monoisotopic (exact) mass is 446 g/mol. The van der Waals surface area contributed by atoms with E-state index < -0.39 is 18.1 Å². The van der Waals surface area contributed by atoms with Gasteiger partial charge in [0.1, 0.15) is 18.5 Å². The van der Waals surface area contributed by atoms with E-state index in [-0.39, 0.29) is 25.1 Å². The molecule has 0 N–H and O–H groups in total. The maximum atomic E-state index is 13.6. The summed E-state index contributed by atoms with van der Waals surface area (Å²) in [6.07, 6.45) is 0. The summed E-state index contributed by atoms with van der Waals surface area (Å²) < 4.78 is 18.9. The van der Waals surface area contributed by atoms with Crippen molar-refractivity contribution in [2.24, 2.45) is 0 Å². The molecule has 3 aromatic rings. The summed E-state index contributed by atoms with van der Waals surface area (Å²) in [5.41, 5.74) is 4.07. The lowest BCUT2D eigenvalue weighted by molar-refractivity contribution is -0.149. The fraction of sp³-hybridized carbons (Fsp3) is 0.231. The number of benzene rings is 3. The highest BCUT2D eigenvalue weighted by Gasteiger charge is 2.52. The van der Waals surface area contributed by atoms with Crippen molar-refractivity contribution in [2.45, 2.75) is 25.6 Å². The molecule has 7 heteroatoms. The van der Waals surface area contributed by atoms with Crippen LogP contribution in [0.2, 0.25) is 0 Å². The van der Waals surface area contributed by atoms with Gasteiger partial charge in [-0.2, -0.15) is 5.06 Å². The number of esters is 1. The molecule has 0 aliphatic carbocycles. The average Bonchev–Trinajstić information content (AvgIpc) is 3.10. The van der Waals surface area contributed by atoms with Crippen LogP contribution in [-0.2, 0) is 21.0 Å². The Balaban J connectivity index is 1.59. The normalized spacial score (nSPS) is 18.9. The van der Waals surface area contributed by atoms with Gasteiger partial charge in [0.05, 0.1) is 13.2 Å². The number of nitrogens with zero attached hydrogens (tertiary/aromatic N) is 2. The number of hydrogen-bond acceptors (Lipinski definition) is 4. The minimum Gasteiger partial charge on any atom is -0.464 e. The number of fused-ring (bicyclic) bond motifs is 4. The molecule has 1 fully saturated rings. The molecule has 5 rings (SSSR count). The minimum absolute atomic E-state index is 0.210. The Morgan fingerprint density at radius 3 is 2.52 bits per heavy atom. The molecule has 2 bridgehead atoms. The first-order valence-corrected chi connectivity index (χ1v) is 10.9. The van der Waals surface area contributed by atoms with Gasteiger partial charge in [0.15, 0.2) is 6.04 Å². The van der Waals surface area contributed by atoms with Gasteiger partial charge < -0.3 is 9.64 Å². The number of hydroxylamine groups is 2. The molecule has 0 aromatic heterocycles. The first kappa shape index (κ1) is 21.2. The third-order valence-electron chi connectivity index (χ3n) is 6.04. The zero-order chi connectivity index (χ0) is 22.9. The van der Waals surface area contributed by atoms with Gasteiger partial charge in [-0.3, -0.25) is 4.84 Å². The number of hydrogen-bond donors (Lipinski definition) is 0. The van der Waals surface area contributed by atoms with Crippen LogP contribution in [0.1, 0.15) is 35.7 Å². The predicted molar refractivity (Wildman–Crippen MR) is 119 cm³/mol. The average molecular weight is 446 g/mol. The lowest BCUT2D eigenvalue weighted by Gasteiger charge is -2.32. The van der Waals surface area contributed by atoms with E-state index in [9.17, 15) is 14.0 Å². The van der Waals surface area contributed by atoms with Crippen molar-refractivity contribution in [3.63, 3.8) is 0 Å². The van der Waals surface area contributed by atoms with Gasteiger partial charge in [0.25, 0.3) is 0 Å². The molecule has 3 aromatic carbocycles. The number of carbonyl (C=O) groups excluding carboxylic acids is 2. The second-order valence-electron chi connectivity index (χ2n) is 8.01. The molecule has 0 saturated carbocycles. The Kier molecular flexibility index (Phi) is 5.56. The van der Waals surface area contributed by atoms with Crippen molar-refractivity contribution >= 4 is 12.0 Å². The van der Waals surface area contributed by atoms with E-state index in [1.165, 1.54) is 22.1 Å². The summed E-state index contributed by atoms with van der Waals surface area (Å²) in [6.45, 7) is 2.46. The van der Waals surface area contributed by atoms with Crippen LogP contribution in [-0.4, -0.2) is 35.1 Å². The van der Waals surface area contributed by atoms with Gasteiger partial charge in [-0.15, -0.1) is 0 Å². The molecule has 0 spiro atoms. The zero-order valence-electron chi connectivity index (χ0n) is 18.1. The number of urea groups is 1. The van der Waals surface area contributed by atoms with Crippen LogP contribution in [0.4, 0.5) is 9.18 Å². The summed E-state index contributed by atoms with van der Waals surface area (Å²) in [5, 5.41) is 1.36. The number of carbonyl (C=O) groups is 2. The predicted octanol–water partition coefficient (Wildman–Crippen LogP) is 5.02. The number of amides is 2. The fourth-order valence-corrected chi connectivity index (χ4v) is 4.60. The Morgan fingerprint density at radius 2 is 1.79 bits per heavy atom. The van der Waals surface area contributed by atoms with Gasteiger partial charge in [-0.05, 0) is 46.9 Å². The van der Waals surface area contributed by atoms with Crippen molar-refractivity contribution in [1.29, 1.82) is 0 Å². The van der Waals surface area contributed by atoms with E-state index in [0.29, 0.717) is 12.1 Å². The van der Waals surface area contributed by atoms with Gasteiger partial charge in [0, 0.05) is 0 Å². The number of halogens is 1. The molecule has 2 amide bonds. The molecule has 33 heavy (non-hydrogen) atoms. The Labute approximate surface area is 191 Å². The summed E-state index contributed by atoms with van der Waals surface area (Å²) in [4.78, 5) is 33.8. The van der Waals surface area contributed by atoms with E-state index >= 15 is 0 Å². The Bertz CT molecular complexity index is 1180. The molecule has 6 nitrogen and oxygen atoms in total. The van der Waals surface area contributed by atoms with Crippen molar-refractivity contribution in [1.82, 2.24) is 9.96 Å². The van der Waals surface area contributed by atoms with Gasteiger partial charge in [-0.1, -0.05) is 60.7 Å². The van der Waals surface area contributed by atoms with Crippen LogP contribution < -0.4 is 0 Å². The van der Waals surface area contributed by atoms with E-state index in [4.69, 9.17) is 9.57 Å². The fourth-order valence-electron chi connectivity index (χ4n) is 4.60. The quantitative estimate of drug-likeness (QED) is 0.499. The van der Waals surface area contributed by atoms with Crippen LogP contribution in [0.15, 0.2) is 72.8 Å². The molecule has 2 heterocycles. The molecule has 0 unspecified atom stereocenters. The number of rotatable bonds is 6. The van der Waals surface area contributed by atoms with E-state index in [1.807, 2.05) is 48.5 Å². The third-order valence-corrected chi connectivity index (χ3v) is 6.04. The smallest absolute Gasteiger partial charge is 0.345 e. The largest absolute Gasteiger partial charge is 0.464 e. The summed E-state index contributed by atoms with van der Waals surface area (Å²) in [7, 11) is 0. The Morgan fingerprint density at radius 1 is 1.03 bits per heavy atom. The summed E-state index contributed by atoms with van der Waals surface area (Å²) >= 11 is 0. The third kappa shape index (κ3) is 3.74. The number of ether oxygens (including phenoxy) is 1. The first-order chi connectivity index (χ1) is 16.1. The van der Waals surface area contributed by atoms with E-state index in [0.717, 1.165) is 22.3 Å². The van der Waals surface area contributed by atoms with E-state index in [1.54, 1.807) is 19.1 Å². The van der Waals surface area contributed by atoms with Crippen LogP contribution in [0.3, 0.4) is 0 Å². The van der Waals surface area contributed by atoms with Crippen LogP contribution in [0, 0.1) is 5.82 Å². The van der Waals surface area contributed by atoms with Crippen molar-refractivity contribution < 1.29 is 23.6 Å². The topological polar surface area (TPSA) is 59.1 Å². The van der Waals surface area contributed by atoms with Crippen LogP contribution in [0.5, 0.6) is 0 Å². The second-order valence-corrected chi connectivity index (χ2v) is 8.01. The molecule has 0 radical (unpaired) electrons. The highest BCUT2D eigenvalue weighted by molar-refractivity contribution is 5.90. The second kappa shape index (κ2) is 8.67. The van der Waals surface area contributed by atoms with Crippen molar-refractivity contribution in [3.05, 3.63) is 95.3 Å². The van der Waals surface area contributed by atoms with Crippen LogP contribution in [0.25, 0.3) is 11.1 Å². The maximum Gasteiger partial charge on any atom is 0.345 e. The molecule has 2 aliphatic rings. The summed E-state index contributed by atoms with van der Waals surface area (Å²) in [6, 6.07) is 19.7. The summed E-state index contributed by atoms with van der Waals surface area (Å²) in [5.74, 6) is -0.810. The molecule has 1 saturated heterocycles. The van der Waals surface area contributed by atoms with Crippen LogP contribution >= 0.6 is 0 Å². The van der Waals surface area contributed by atoms with Gasteiger partial charge in [-0.25, -0.2) is 14.0 Å². The first-order valence-electron chi connectivity index (χ1n) is 10.9. The molecule has 2 atom stereocenters. The highest BCUT2D eigenvalue weighted by Crippen LogP contribution is 2.48. The Hall–Kier alpha value is -3.71. The van der Waals surface area contributed by atoms with Crippen molar-refractivity contribution in [2.75, 3.05) is 13.2 Å². The molecular weight excluding hydrogens is 423 g/mol.